The molecule has 0 aliphatic rings. The number of benzene rings is 1. The van der Waals surface area contributed by atoms with E-state index in [0.717, 1.165) is 11.6 Å². The first-order chi connectivity index (χ1) is 11.4. The van der Waals surface area contributed by atoms with Gasteiger partial charge < -0.3 is 4.52 Å². The highest BCUT2D eigenvalue weighted by Crippen LogP contribution is 2.35. The Morgan fingerprint density at radius 1 is 1.08 bits per heavy atom. The van der Waals surface area contributed by atoms with E-state index in [2.05, 4.69) is 10.1 Å². The summed E-state index contributed by atoms with van der Waals surface area (Å²) in [4.78, 5) is 3.74. The Hall–Kier alpha value is -2.05. The van der Waals surface area contributed by atoms with Crippen molar-refractivity contribution in [1.82, 2.24) is 10.1 Å². The average molecular weight is 373 g/mol. The fourth-order valence-corrected chi connectivity index (χ4v) is 2.60. The zero-order valence-corrected chi connectivity index (χ0v) is 13.4. The molecule has 2 aromatic heterocycles. The fourth-order valence-electron chi connectivity index (χ4n) is 2.09. The van der Waals surface area contributed by atoms with Gasteiger partial charge in [0.2, 0.25) is 0 Å². The third-order valence-electron chi connectivity index (χ3n) is 3.28. The van der Waals surface area contributed by atoms with Gasteiger partial charge in [-0.2, -0.15) is 13.2 Å². The van der Waals surface area contributed by atoms with Crippen molar-refractivity contribution >= 4 is 23.2 Å². The Labute approximate surface area is 145 Å². The minimum Gasteiger partial charge on any atom is -0.359 e. The Morgan fingerprint density at radius 3 is 2.42 bits per heavy atom. The van der Waals surface area contributed by atoms with Gasteiger partial charge in [0, 0.05) is 12.3 Å². The maximum Gasteiger partial charge on any atom is 0.417 e. The van der Waals surface area contributed by atoms with Crippen LogP contribution < -0.4 is 0 Å². The van der Waals surface area contributed by atoms with Crippen LogP contribution in [0.4, 0.5) is 13.2 Å². The van der Waals surface area contributed by atoms with E-state index in [1.165, 1.54) is 6.07 Å². The summed E-state index contributed by atoms with van der Waals surface area (Å²) in [5.41, 5.74) is 0.176. The van der Waals surface area contributed by atoms with Crippen molar-refractivity contribution in [3.8, 4) is 11.4 Å². The molecule has 8 heteroatoms. The van der Waals surface area contributed by atoms with Crippen molar-refractivity contribution in [2.75, 3.05) is 0 Å². The summed E-state index contributed by atoms with van der Waals surface area (Å²) in [6.45, 7) is 0. The maximum atomic E-state index is 12.6. The molecule has 3 rings (SSSR count). The first-order valence-corrected chi connectivity index (χ1v) is 7.56. The second kappa shape index (κ2) is 6.45. The van der Waals surface area contributed by atoms with Gasteiger partial charge in [0.1, 0.15) is 16.8 Å². The van der Waals surface area contributed by atoms with Gasteiger partial charge in [-0.05, 0) is 11.6 Å². The number of alkyl halides is 4. The van der Waals surface area contributed by atoms with E-state index in [9.17, 15) is 13.2 Å². The first kappa shape index (κ1) is 16.8. The first-order valence-electron chi connectivity index (χ1n) is 6.75. The molecular formula is C16H9Cl2F3N2O. The molecule has 1 atom stereocenters. The molecule has 0 N–H and O–H groups in total. The lowest BCUT2D eigenvalue weighted by Gasteiger charge is -2.07. The van der Waals surface area contributed by atoms with Crippen molar-refractivity contribution in [3.63, 3.8) is 0 Å². The van der Waals surface area contributed by atoms with Crippen LogP contribution in [0.25, 0.3) is 11.4 Å². The molecule has 0 aliphatic heterocycles. The highest BCUT2D eigenvalue weighted by molar-refractivity contribution is 6.33. The lowest BCUT2D eigenvalue weighted by molar-refractivity contribution is -0.137. The van der Waals surface area contributed by atoms with Crippen molar-refractivity contribution in [1.29, 1.82) is 0 Å². The molecule has 0 spiro atoms. The van der Waals surface area contributed by atoms with E-state index in [0.29, 0.717) is 12.0 Å². The summed E-state index contributed by atoms with van der Waals surface area (Å²) >= 11 is 12.2. The molecule has 0 bridgehead atoms. The molecular weight excluding hydrogens is 364 g/mol. The predicted molar refractivity (Wildman–Crippen MR) is 83.9 cm³/mol. The third kappa shape index (κ3) is 3.39. The second-order valence-electron chi connectivity index (χ2n) is 4.94. The molecule has 0 fully saturated rings. The zero-order valence-electron chi connectivity index (χ0n) is 11.9. The topological polar surface area (TPSA) is 38.9 Å². The summed E-state index contributed by atoms with van der Waals surface area (Å²) in [5, 5.41) is 3.04. The molecule has 0 aliphatic carbocycles. The van der Waals surface area contributed by atoms with Crippen molar-refractivity contribution in [2.45, 2.75) is 11.6 Å². The van der Waals surface area contributed by atoms with Gasteiger partial charge in [-0.15, -0.1) is 11.6 Å². The van der Waals surface area contributed by atoms with Crippen LogP contribution in [-0.4, -0.2) is 10.1 Å². The number of hydrogen-bond acceptors (Lipinski definition) is 3. The van der Waals surface area contributed by atoms with Gasteiger partial charge in [-0.1, -0.05) is 47.1 Å². The number of hydrogen-bond donors (Lipinski definition) is 0. The molecule has 2 heterocycles. The van der Waals surface area contributed by atoms with Crippen LogP contribution in [-0.2, 0) is 6.18 Å². The molecule has 1 unspecified atom stereocenters. The van der Waals surface area contributed by atoms with Crippen LogP contribution in [0.2, 0.25) is 5.02 Å². The van der Waals surface area contributed by atoms with Crippen LogP contribution in [0.1, 0.15) is 22.3 Å². The molecule has 124 valence electrons. The van der Waals surface area contributed by atoms with Crippen molar-refractivity contribution in [3.05, 3.63) is 70.6 Å². The van der Waals surface area contributed by atoms with Gasteiger partial charge in [0.05, 0.1) is 10.6 Å². The Morgan fingerprint density at radius 2 is 1.79 bits per heavy atom. The van der Waals surface area contributed by atoms with Crippen LogP contribution in [0.15, 0.2) is 53.2 Å². The quantitative estimate of drug-likeness (QED) is 0.550. The lowest BCUT2D eigenvalue weighted by atomic mass is 10.1. The summed E-state index contributed by atoms with van der Waals surface area (Å²) in [5.74, 6) is 0.343. The van der Waals surface area contributed by atoms with Crippen LogP contribution in [0, 0.1) is 0 Å². The number of nitrogens with zero attached hydrogens (tertiary/aromatic N) is 2. The largest absolute Gasteiger partial charge is 0.417 e. The zero-order chi connectivity index (χ0) is 17.3. The SMILES string of the molecule is FC(F)(F)c1cnc(-c2cc(C(Cl)c3ccccc3)on2)c(Cl)c1. The Balaban J connectivity index is 1.91. The van der Waals surface area contributed by atoms with Crippen LogP contribution in [0.3, 0.4) is 0 Å². The van der Waals surface area contributed by atoms with Crippen LogP contribution in [0.5, 0.6) is 0 Å². The van der Waals surface area contributed by atoms with Gasteiger partial charge in [0.25, 0.3) is 0 Å². The second-order valence-corrected chi connectivity index (χ2v) is 5.78. The van der Waals surface area contributed by atoms with E-state index >= 15 is 0 Å². The molecule has 0 radical (unpaired) electrons. The molecule has 24 heavy (non-hydrogen) atoms. The summed E-state index contributed by atoms with van der Waals surface area (Å²) < 4.78 is 43.1. The third-order valence-corrected chi connectivity index (χ3v) is 4.04. The van der Waals surface area contributed by atoms with E-state index in [1.807, 2.05) is 30.3 Å². The highest BCUT2D eigenvalue weighted by Gasteiger charge is 2.32. The average Bonchev–Trinajstić information content (AvgIpc) is 3.03. The van der Waals surface area contributed by atoms with E-state index < -0.39 is 17.1 Å². The highest BCUT2D eigenvalue weighted by atomic mass is 35.5. The maximum absolute atomic E-state index is 12.6. The van der Waals surface area contributed by atoms with E-state index in [1.54, 1.807) is 0 Å². The molecule has 1 aromatic carbocycles. The van der Waals surface area contributed by atoms with E-state index in [-0.39, 0.29) is 16.4 Å². The Kier molecular flexibility index (Phi) is 4.51. The number of pyridine rings is 1. The van der Waals surface area contributed by atoms with Crippen molar-refractivity contribution in [2.24, 2.45) is 0 Å². The minimum absolute atomic E-state index is 0.0941. The van der Waals surface area contributed by atoms with Gasteiger partial charge in [0.15, 0.2) is 5.76 Å². The summed E-state index contributed by atoms with van der Waals surface area (Å²) in [6.07, 6.45) is -3.82. The molecule has 3 aromatic rings. The fraction of sp³-hybridized carbons (Fsp3) is 0.125. The van der Waals surface area contributed by atoms with Gasteiger partial charge >= 0.3 is 6.18 Å². The summed E-state index contributed by atoms with van der Waals surface area (Å²) in [6, 6.07) is 11.5. The molecule has 3 nitrogen and oxygen atoms in total. The standard InChI is InChI=1S/C16H9Cl2F3N2O/c17-11-6-10(16(19,20)21)8-22-15(11)12-7-13(24-23-12)14(18)9-4-2-1-3-5-9/h1-8,14H. The summed E-state index contributed by atoms with van der Waals surface area (Å²) in [7, 11) is 0. The number of rotatable bonds is 3. The monoisotopic (exact) mass is 372 g/mol. The smallest absolute Gasteiger partial charge is 0.359 e. The van der Waals surface area contributed by atoms with Crippen molar-refractivity contribution < 1.29 is 17.7 Å². The van der Waals surface area contributed by atoms with E-state index in [4.69, 9.17) is 27.7 Å². The number of aromatic nitrogens is 2. The lowest BCUT2D eigenvalue weighted by Crippen LogP contribution is -2.05. The molecule has 0 saturated carbocycles. The normalized spacial score (nSPS) is 13.0. The minimum atomic E-state index is -4.52. The molecule has 0 amide bonds. The number of halogens is 5. The predicted octanol–water partition coefficient (Wildman–Crippen LogP) is 5.74. The Bertz CT molecular complexity index is 850. The van der Waals surface area contributed by atoms with Crippen LogP contribution >= 0.6 is 23.2 Å². The van der Waals surface area contributed by atoms with Gasteiger partial charge in [-0.25, -0.2) is 0 Å². The van der Waals surface area contributed by atoms with Gasteiger partial charge in [-0.3, -0.25) is 4.98 Å². The molecule has 0 saturated heterocycles.